The van der Waals surface area contributed by atoms with E-state index < -0.39 is 5.97 Å². The Kier molecular flexibility index (Phi) is 3.56. The number of likely N-dealkylation sites (N-methyl/N-ethyl adjacent to an activating group) is 1. The molecule has 0 amide bonds. The van der Waals surface area contributed by atoms with E-state index in [4.69, 9.17) is 5.11 Å². The second-order valence-electron chi connectivity index (χ2n) is 4.34. The standard InChI is InChI=1S/C11H16N2O2S/c1-13-4-2-3-8(7-13)11-12-6-9(16-11)5-10(14)15/h6,8H,2-5,7H2,1H3,(H,14,15). The van der Waals surface area contributed by atoms with Crippen LogP contribution in [0, 0.1) is 0 Å². The van der Waals surface area contributed by atoms with Gasteiger partial charge in [0.05, 0.1) is 11.4 Å². The van der Waals surface area contributed by atoms with Crippen LogP contribution in [0.4, 0.5) is 0 Å². The summed E-state index contributed by atoms with van der Waals surface area (Å²) in [6, 6.07) is 0. The minimum atomic E-state index is -0.782. The maximum Gasteiger partial charge on any atom is 0.308 e. The molecule has 1 fully saturated rings. The van der Waals surface area contributed by atoms with Gasteiger partial charge in [0, 0.05) is 23.5 Å². The fourth-order valence-electron chi connectivity index (χ4n) is 2.11. The molecule has 0 radical (unpaired) electrons. The van der Waals surface area contributed by atoms with E-state index in [0.29, 0.717) is 5.92 Å². The van der Waals surface area contributed by atoms with Crippen LogP contribution < -0.4 is 0 Å². The van der Waals surface area contributed by atoms with Gasteiger partial charge in [0.25, 0.3) is 0 Å². The smallest absolute Gasteiger partial charge is 0.308 e. The van der Waals surface area contributed by atoms with Gasteiger partial charge in [-0.1, -0.05) is 0 Å². The van der Waals surface area contributed by atoms with Crippen molar-refractivity contribution < 1.29 is 9.90 Å². The van der Waals surface area contributed by atoms with E-state index in [1.165, 1.54) is 12.8 Å². The summed E-state index contributed by atoms with van der Waals surface area (Å²) in [4.78, 5) is 18.1. The number of carboxylic acid groups (broad SMARTS) is 1. The largest absolute Gasteiger partial charge is 0.481 e. The molecule has 0 bridgehead atoms. The zero-order chi connectivity index (χ0) is 11.5. The summed E-state index contributed by atoms with van der Waals surface area (Å²) in [5, 5.41) is 9.80. The molecule has 1 aromatic rings. The first-order valence-corrected chi connectivity index (χ1v) is 6.31. The van der Waals surface area contributed by atoms with Crippen molar-refractivity contribution in [3.8, 4) is 0 Å². The highest BCUT2D eigenvalue weighted by atomic mass is 32.1. The molecule has 16 heavy (non-hydrogen) atoms. The molecule has 0 saturated carbocycles. The highest BCUT2D eigenvalue weighted by Crippen LogP contribution is 2.29. The molecule has 1 aromatic heterocycles. The van der Waals surface area contributed by atoms with Crippen LogP contribution in [0.1, 0.15) is 28.6 Å². The Balaban J connectivity index is 2.03. The van der Waals surface area contributed by atoms with Crippen molar-refractivity contribution in [2.45, 2.75) is 25.2 Å². The monoisotopic (exact) mass is 240 g/mol. The first-order valence-electron chi connectivity index (χ1n) is 5.50. The summed E-state index contributed by atoms with van der Waals surface area (Å²) in [7, 11) is 2.12. The van der Waals surface area contributed by atoms with Crippen molar-refractivity contribution in [2.24, 2.45) is 0 Å². The molecule has 1 atom stereocenters. The number of rotatable bonds is 3. The Bertz CT molecular complexity index is 378. The van der Waals surface area contributed by atoms with E-state index in [0.717, 1.165) is 23.0 Å². The summed E-state index contributed by atoms with van der Waals surface area (Å²) in [6.07, 6.45) is 4.18. The minimum absolute atomic E-state index is 0.0974. The third kappa shape index (κ3) is 2.80. The van der Waals surface area contributed by atoms with E-state index in [1.54, 1.807) is 17.5 Å². The van der Waals surface area contributed by atoms with Gasteiger partial charge in [-0.15, -0.1) is 11.3 Å². The van der Waals surface area contributed by atoms with Gasteiger partial charge in [0.2, 0.25) is 0 Å². The minimum Gasteiger partial charge on any atom is -0.481 e. The van der Waals surface area contributed by atoms with Gasteiger partial charge in [-0.3, -0.25) is 4.79 Å². The van der Waals surface area contributed by atoms with Crippen molar-refractivity contribution in [3.63, 3.8) is 0 Å². The Hall–Kier alpha value is -0.940. The third-order valence-electron chi connectivity index (χ3n) is 2.87. The van der Waals surface area contributed by atoms with Gasteiger partial charge in [0.15, 0.2) is 0 Å². The van der Waals surface area contributed by atoms with E-state index in [-0.39, 0.29) is 6.42 Å². The molecule has 1 saturated heterocycles. The Morgan fingerprint density at radius 1 is 1.75 bits per heavy atom. The maximum absolute atomic E-state index is 10.6. The second kappa shape index (κ2) is 4.93. The SMILES string of the molecule is CN1CCCC(c2ncc(CC(=O)O)s2)C1. The molecule has 88 valence electrons. The molecular formula is C11H16N2O2S. The van der Waals surface area contributed by atoms with E-state index >= 15 is 0 Å². The number of piperidine rings is 1. The zero-order valence-corrected chi connectivity index (χ0v) is 10.2. The first kappa shape index (κ1) is 11.5. The number of nitrogens with zero attached hydrogens (tertiary/aromatic N) is 2. The van der Waals surface area contributed by atoms with Crippen LogP contribution in [-0.2, 0) is 11.2 Å². The van der Waals surface area contributed by atoms with Crippen molar-refractivity contribution in [3.05, 3.63) is 16.1 Å². The fraction of sp³-hybridized carbons (Fsp3) is 0.636. The number of thiazole rings is 1. The first-order chi connectivity index (χ1) is 7.65. The second-order valence-corrected chi connectivity index (χ2v) is 5.48. The van der Waals surface area contributed by atoms with Crippen LogP contribution in [0.5, 0.6) is 0 Å². The summed E-state index contributed by atoms with van der Waals surface area (Å²) >= 11 is 1.55. The summed E-state index contributed by atoms with van der Waals surface area (Å²) in [6.45, 7) is 2.20. The van der Waals surface area contributed by atoms with Crippen molar-refractivity contribution in [1.82, 2.24) is 9.88 Å². The van der Waals surface area contributed by atoms with Crippen LogP contribution in [0.3, 0.4) is 0 Å². The van der Waals surface area contributed by atoms with Gasteiger partial charge in [-0.2, -0.15) is 0 Å². The lowest BCUT2D eigenvalue weighted by Crippen LogP contribution is -2.30. The molecule has 0 aliphatic carbocycles. The van der Waals surface area contributed by atoms with E-state index in [9.17, 15) is 4.79 Å². The molecule has 1 aliphatic heterocycles. The van der Waals surface area contributed by atoms with E-state index in [1.807, 2.05) is 0 Å². The molecule has 2 heterocycles. The van der Waals surface area contributed by atoms with Crippen LogP contribution in [0.15, 0.2) is 6.20 Å². The molecule has 1 N–H and O–H groups in total. The molecule has 0 spiro atoms. The molecule has 0 aromatic carbocycles. The summed E-state index contributed by atoms with van der Waals surface area (Å²) in [5.74, 6) is -0.290. The lowest BCUT2D eigenvalue weighted by Gasteiger charge is -2.28. The summed E-state index contributed by atoms with van der Waals surface area (Å²) in [5.41, 5.74) is 0. The Labute approximate surface area is 98.9 Å². The van der Waals surface area contributed by atoms with Gasteiger partial charge < -0.3 is 10.0 Å². The average molecular weight is 240 g/mol. The van der Waals surface area contributed by atoms with Crippen molar-refractivity contribution in [1.29, 1.82) is 0 Å². The van der Waals surface area contributed by atoms with Crippen LogP contribution in [0.25, 0.3) is 0 Å². The van der Waals surface area contributed by atoms with Crippen molar-refractivity contribution >= 4 is 17.3 Å². The number of hydrogen-bond acceptors (Lipinski definition) is 4. The predicted molar refractivity (Wildman–Crippen MR) is 62.9 cm³/mol. The van der Waals surface area contributed by atoms with E-state index in [2.05, 4.69) is 16.9 Å². The average Bonchev–Trinajstić information content (AvgIpc) is 2.65. The lowest BCUT2D eigenvalue weighted by molar-refractivity contribution is -0.136. The lowest BCUT2D eigenvalue weighted by atomic mass is 9.99. The quantitative estimate of drug-likeness (QED) is 0.871. The highest BCUT2D eigenvalue weighted by Gasteiger charge is 2.21. The van der Waals surface area contributed by atoms with Crippen molar-refractivity contribution in [2.75, 3.05) is 20.1 Å². The molecule has 1 unspecified atom stereocenters. The zero-order valence-electron chi connectivity index (χ0n) is 9.35. The van der Waals surface area contributed by atoms with Gasteiger partial charge in [-0.25, -0.2) is 4.98 Å². The number of aromatic nitrogens is 1. The maximum atomic E-state index is 10.6. The van der Waals surface area contributed by atoms with Gasteiger partial charge >= 0.3 is 5.97 Å². The normalized spacial score (nSPS) is 22.2. The van der Waals surface area contributed by atoms with Gasteiger partial charge in [-0.05, 0) is 26.4 Å². The van der Waals surface area contributed by atoms with Crippen LogP contribution >= 0.6 is 11.3 Å². The number of hydrogen-bond donors (Lipinski definition) is 1. The topological polar surface area (TPSA) is 53.4 Å². The fourth-order valence-corrected chi connectivity index (χ4v) is 3.14. The third-order valence-corrected chi connectivity index (χ3v) is 4.03. The molecule has 4 nitrogen and oxygen atoms in total. The number of likely N-dealkylation sites (tertiary alicyclic amines) is 1. The Morgan fingerprint density at radius 3 is 3.25 bits per heavy atom. The highest BCUT2D eigenvalue weighted by molar-refractivity contribution is 7.11. The number of carboxylic acids is 1. The molecule has 5 heteroatoms. The number of carbonyl (C=O) groups is 1. The van der Waals surface area contributed by atoms with Gasteiger partial charge in [0.1, 0.15) is 0 Å². The predicted octanol–water partition coefficient (Wildman–Crippen LogP) is 1.58. The summed E-state index contributed by atoms with van der Waals surface area (Å²) < 4.78 is 0. The molecule has 1 aliphatic rings. The number of aliphatic carboxylic acids is 1. The molecule has 2 rings (SSSR count). The Morgan fingerprint density at radius 2 is 2.56 bits per heavy atom. The molecular weight excluding hydrogens is 224 g/mol. The van der Waals surface area contributed by atoms with Crippen LogP contribution in [-0.4, -0.2) is 41.1 Å². The van der Waals surface area contributed by atoms with Crippen LogP contribution in [0.2, 0.25) is 0 Å².